The van der Waals surface area contributed by atoms with Gasteiger partial charge in [-0.15, -0.1) is 5.10 Å². The largest absolute Gasteiger partial charge is 0.495 e. The molecule has 2 N–H and O–H groups in total. The predicted octanol–water partition coefficient (Wildman–Crippen LogP) is 5.55. The number of nitriles is 1. The third-order valence-corrected chi connectivity index (χ3v) is 9.86. The number of methoxy groups -OCH3 is 1. The Hall–Kier alpha value is -4.29. The quantitative estimate of drug-likeness (QED) is 0.152. The monoisotopic (exact) mass is 698 g/mol. The summed E-state index contributed by atoms with van der Waals surface area (Å²) >= 11 is 0. The molecule has 0 bridgehead atoms. The van der Waals surface area contributed by atoms with Gasteiger partial charge in [0.15, 0.2) is 11.5 Å². The van der Waals surface area contributed by atoms with Crippen LogP contribution in [-0.4, -0.2) is 79.5 Å². The van der Waals surface area contributed by atoms with Crippen LogP contribution in [0.5, 0.6) is 11.6 Å². The number of ether oxygens (including phenoxy) is 4. The first-order valence-corrected chi connectivity index (χ1v) is 18.3. The number of unbranched alkanes of at least 4 members (excludes halogenated alkanes) is 2. The summed E-state index contributed by atoms with van der Waals surface area (Å²) in [5.74, 6) is 0.478. The number of fused-ring (bicyclic) bond motifs is 1. The van der Waals surface area contributed by atoms with Crippen LogP contribution in [0.4, 0.5) is 10.5 Å². The fourth-order valence-electron chi connectivity index (χ4n) is 7.10. The highest BCUT2D eigenvalue weighted by Crippen LogP contribution is 2.42. The Morgan fingerprint density at radius 1 is 1.12 bits per heavy atom. The van der Waals surface area contributed by atoms with Crippen molar-refractivity contribution < 1.29 is 37.0 Å². The van der Waals surface area contributed by atoms with Crippen molar-refractivity contribution in [1.29, 1.82) is 5.26 Å². The number of benzene rings is 1. The summed E-state index contributed by atoms with van der Waals surface area (Å²) < 4.78 is 49.4. The van der Waals surface area contributed by atoms with Gasteiger partial charge in [-0.3, -0.25) is 4.72 Å². The zero-order valence-electron chi connectivity index (χ0n) is 28.5. The number of hydrogen-bond donors (Lipinski definition) is 3. The second-order valence-corrected chi connectivity index (χ2v) is 13.6. The number of aromatic amines is 1. The second-order valence-electron chi connectivity index (χ2n) is 12.9. The smallest absolute Gasteiger partial charge is 0.416 e. The zero-order valence-corrected chi connectivity index (χ0v) is 29.4. The lowest BCUT2D eigenvalue weighted by Gasteiger charge is -2.40. The molecule has 1 saturated carbocycles. The number of rotatable bonds is 13. The van der Waals surface area contributed by atoms with Crippen molar-refractivity contribution in [2.24, 2.45) is 17.8 Å². The molecule has 15 heteroatoms. The van der Waals surface area contributed by atoms with Gasteiger partial charge in [0, 0.05) is 18.7 Å². The molecule has 1 saturated heterocycles. The number of nitrogens with one attached hydrogen (secondary N) is 2. The van der Waals surface area contributed by atoms with E-state index in [2.05, 4.69) is 41.6 Å². The maximum atomic E-state index is 14.3. The minimum absolute atomic E-state index is 0.0809. The Morgan fingerprint density at radius 2 is 1.80 bits per heavy atom. The molecule has 2 aromatic heterocycles. The number of H-pyrrole nitrogens is 1. The summed E-state index contributed by atoms with van der Waals surface area (Å²) in [6.45, 7) is 7.85. The van der Waals surface area contributed by atoms with Crippen LogP contribution in [0.2, 0.25) is 0 Å². The molecule has 2 fully saturated rings. The van der Waals surface area contributed by atoms with Gasteiger partial charge in [-0.2, -0.15) is 9.78 Å². The van der Waals surface area contributed by atoms with E-state index in [0.29, 0.717) is 37.8 Å². The van der Waals surface area contributed by atoms with Gasteiger partial charge in [0.25, 0.3) is 0 Å². The van der Waals surface area contributed by atoms with Crippen LogP contribution in [0.15, 0.2) is 18.2 Å². The molecule has 1 amide bonds. The van der Waals surface area contributed by atoms with E-state index < -0.39 is 23.0 Å². The van der Waals surface area contributed by atoms with Crippen molar-refractivity contribution in [3.05, 3.63) is 29.3 Å². The number of thiol groups is 1. The first kappa shape index (κ1) is 36.0. The predicted molar refractivity (Wildman–Crippen MR) is 182 cm³/mol. The van der Waals surface area contributed by atoms with Gasteiger partial charge in [0.05, 0.1) is 26.0 Å². The lowest BCUT2D eigenvalue weighted by Crippen LogP contribution is -2.42. The highest BCUT2D eigenvalue weighted by molar-refractivity contribution is 7.73. The third-order valence-electron chi connectivity index (χ3n) is 9.44. The Balaban J connectivity index is 1.59. The number of hydrogen-bond acceptors (Lipinski definition) is 10. The Bertz CT molecular complexity index is 1730. The maximum absolute atomic E-state index is 14.3. The molecular weight excluding hydrogens is 652 g/mol. The lowest BCUT2D eigenvalue weighted by molar-refractivity contribution is -0.0393. The SMILES string of the molecule is CCCCC1CC(C)CC(CCCC)C1OC(=O)c1c(C#N)c(OC(=O)N2CCOCC2)n2nc(-c3ccc(OC)c(N[SH](=O)=O)c3)[nH]c12. The topological polar surface area (TPSA) is 177 Å². The highest BCUT2D eigenvalue weighted by Gasteiger charge is 2.40. The van der Waals surface area contributed by atoms with Gasteiger partial charge in [0.1, 0.15) is 29.0 Å². The first-order valence-electron chi connectivity index (χ1n) is 17.1. The third kappa shape index (κ3) is 8.13. The van der Waals surface area contributed by atoms with E-state index in [9.17, 15) is 23.3 Å². The molecule has 5 rings (SSSR count). The van der Waals surface area contributed by atoms with Gasteiger partial charge in [-0.1, -0.05) is 46.5 Å². The lowest BCUT2D eigenvalue weighted by atomic mass is 9.70. The van der Waals surface area contributed by atoms with E-state index in [0.717, 1.165) is 51.4 Å². The van der Waals surface area contributed by atoms with E-state index >= 15 is 0 Å². The number of amides is 1. The normalized spacial score (nSPS) is 21.0. The molecule has 2 unspecified atom stereocenters. The minimum atomic E-state index is -2.99. The molecule has 1 aliphatic carbocycles. The van der Waals surface area contributed by atoms with E-state index in [-0.39, 0.29) is 57.9 Å². The number of esters is 1. The molecule has 49 heavy (non-hydrogen) atoms. The maximum Gasteiger partial charge on any atom is 0.416 e. The molecule has 14 nitrogen and oxygen atoms in total. The summed E-state index contributed by atoms with van der Waals surface area (Å²) in [7, 11) is -1.58. The average molecular weight is 699 g/mol. The fourth-order valence-corrected chi connectivity index (χ4v) is 7.47. The van der Waals surface area contributed by atoms with Gasteiger partial charge >= 0.3 is 12.1 Å². The fraction of sp³-hybridized carbons (Fsp3) is 0.588. The summed E-state index contributed by atoms with van der Waals surface area (Å²) in [4.78, 5) is 32.2. The van der Waals surface area contributed by atoms with Crippen LogP contribution in [0, 0.1) is 29.1 Å². The Labute approximate surface area is 288 Å². The summed E-state index contributed by atoms with van der Waals surface area (Å²) in [6.07, 6.45) is 6.88. The van der Waals surface area contributed by atoms with Crippen molar-refractivity contribution >= 4 is 34.3 Å². The second kappa shape index (κ2) is 16.4. The molecule has 3 aromatic rings. The van der Waals surface area contributed by atoms with Crippen molar-refractivity contribution in [2.75, 3.05) is 38.1 Å². The summed E-state index contributed by atoms with van der Waals surface area (Å²) in [5, 5.41) is 15.0. The molecular formula is C34H46N6O8S. The molecule has 266 valence electrons. The van der Waals surface area contributed by atoms with Gasteiger partial charge in [-0.25, -0.2) is 18.0 Å². The molecule has 2 aliphatic rings. The van der Waals surface area contributed by atoms with Crippen LogP contribution in [0.25, 0.3) is 17.0 Å². The number of nitrogens with zero attached hydrogens (tertiary/aromatic N) is 4. The molecule has 1 aromatic carbocycles. The Morgan fingerprint density at radius 3 is 2.39 bits per heavy atom. The van der Waals surface area contributed by atoms with Crippen molar-refractivity contribution in [3.8, 4) is 29.1 Å². The van der Waals surface area contributed by atoms with Crippen LogP contribution in [0.3, 0.4) is 0 Å². The first-order chi connectivity index (χ1) is 23.7. The van der Waals surface area contributed by atoms with Crippen molar-refractivity contribution in [3.63, 3.8) is 0 Å². The van der Waals surface area contributed by atoms with Crippen LogP contribution < -0.4 is 14.2 Å². The highest BCUT2D eigenvalue weighted by atomic mass is 32.2. The molecule has 3 heterocycles. The molecule has 0 radical (unpaired) electrons. The van der Waals surface area contributed by atoms with Gasteiger partial charge in [0.2, 0.25) is 16.8 Å². The summed E-state index contributed by atoms with van der Waals surface area (Å²) in [5.41, 5.74) is 0.476. The minimum Gasteiger partial charge on any atom is -0.495 e. The van der Waals surface area contributed by atoms with Crippen LogP contribution >= 0.6 is 0 Å². The van der Waals surface area contributed by atoms with Crippen molar-refractivity contribution in [2.45, 2.75) is 78.2 Å². The molecule has 0 spiro atoms. The summed E-state index contributed by atoms with van der Waals surface area (Å²) in [6, 6.07) is 6.82. The van der Waals surface area contributed by atoms with E-state index in [4.69, 9.17) is 18.9 Å². The Kier molecular flexibility index (Phi) is 12.1. The standard InChI is InChI=1S/C34H46N6O8S/c1-5-7-9-22-17-21(3)18-23(10-8-6-2)29(22)47-33(41)28-25(20-35)32(48-34(42)39-13-15-46-16-14-39)40-31(28)36-30(37-40)24-11-12-27(45-4)26(19-24)38-49(43)44/h11-12,19,21-23,29,49H,5-10,13-18H2,1-4H3,(H,36,37)(H,38,43,44). The number of aromatic nitrogens is 3. The van der Waals surface area contributed by atoms with E-state index in [1.807, 2.05) is 0 Å². The molecule has 1 aliphatic heterocycles. The van der Waals surface area contributed by atoms with Gasteiger partial charge < -0.3 is 28.8 Å². The van der Waals surface area contributed by atoms with Crippen LogP contribution in [0.1, 0.15) is 88.1 Å². The zero-order chi connectivity index (χ0) is 35.1. The van der Waals surface area contributed by atoms with Crippen LogP contribution in [-0.2, 0) is 20.4 Å². The number of carbonyl (C=O) groups excluding carboxylic acids is 2. The average Bonchev–Trinajstić information content (AvgIpc) is 3.64. The number of carbonyl (C=O) groups is 2. The number of morpholine rings is 1. The van der Waals surface area contributed by atoms with Crippen molar-refractivity contribution in [1.82, 2.24) is 19.5 Å². The van der Waals surface area contributed by atoms with E-state index in [1.165, 1.54) is 22.6 Å². The van der Waals surface area contributed by atoms with E-state index in [1.54, 1.807) is 12.1 Å². The number of anilines is 1. The van der Waals surface area contributed by atoms with Gasteiger partial charge in [-0.05, 0) is 61.6 Å². The molecule has 2 atom stereocenters.